The lowest BCUT2D eigenvalue weighted by Gasteiger charge is -2.18. The fraction of sp³-hybridized carbons (Fsp3) is 0.167. The Morgan fingerprint density at radius 1 is 1.00 bits per heavy atom. The third-order valence-electron chi connectivity index (χ3n) is 6.62. The van der Waals surface area contributed by atoms with Crippen LogP contribution in [-0.4, -0.2) is 46.3 Å². The molecule has 1 amide bonds. The highest BCUT2D eigenvalue weighted by Gasteiger charge is 2.36. The molecule has 48 heavy (non-hydrogen) atoms. The molecule has 5 rings (SSSR count). The number of hydrogen-bond donors (Lipinski definition) is 1. The van der Waals surface area contributed by atoms with Crippen LogP contribution in [0.15, 0.2) is 59.7 Å². The Morgan fingerprint density at radius 3 is 2.38 bits per heavy atom. The summed E-state index contributed by atoms with van der Waals surface area (Å²) in [7, 11) is 2.75. The molecule has 250 valence electrons. The highest BCUT2D eigenvalue weighted by molar-refractivity contribution is 6.33. The quantitative estimate of drug-likeness (QED) is 0.163. The molecule has 4 heterocycles. The van der Waals surface area contributed by atoms with Crippen LogP contribution in [0.5, 0.6) is 29.0 Å². The normalized spacial score (nSPS) is 11.5. The van der Waals surface area contributed by atoms with Gasteiger partial charge in [-0.15, -0.1) is 0 Å². The summed E-state index contributed by atoms with van der Waals surface area (Å²) in [6.07, 6.45) is -3.10. The second kappa shape index (κ2) is 13.3. The second-order valence-electron chi connectivity index (χ2n) is 9.66. The molecular formula is C30H20ClF6N5O6. The van der Waals surface area contributed by atoms with Crippen molar-refractivity contribution in [1.29, 1.82) is 0 Å². The predicted octanol–water partition coefficient (Wildman–Crippen LogP) is 6.96. The first-order valence-electron chi connectivity index (χ1n) is 13.3. The third kappa shape index (κ3) is 6.76. The molecule has 0 bridgehead atoms. The Hall–Kier alpha value is -5.58. The van der Waals surface area contributed by atoms with Crippen molar-refractivity contribution in [2.45, 2.75) is 19.7 Å². The third-order valence-corrected chi connectivity index (χ3v) is 6.89. The second-order valence-corrected chi connectivity index (χ2v) is 10.1. The van der Waals surface area contributed by atoms with Gasteiger partial charge in [0.15, 0.2) is 23.1 Å². The number of alkyl halides is 5. The Balaban J connectivity index is 1.46. The van der Waals surface area contributed by atoms with E-state index in [1.807, 2.05) is 0 Å². The topological polar surface area (TPSA) is 127 Å². The highest BCUT2D eigenvalue weighted by Crippen LogP contribution is 2.39. The zero-order chi connectivity index (χ0) is 34.9. The molecule has 18 heteroatoms. The number of fused-ring (bicyclic) bond motifs is 1. The van der Waals surface area contributed by atoms with E-state index in [0.29, 0.717) is 12.1 Å². The van der Waals surface area contributed by atoms with E-state index in [0.717, 1.165) is 24.4 Å². The molecule has 0 atom stereocenters. The van der Waals surface area contributed by atoms with Crippen molar-refractivity contribution in [2.24, 2.45) is 0 Å². The first-order valence-corrected chi connectivity index (χ1v) is 13.7. The van der Waals surface area contributed by atoms with Gasteiger partial charge in [-0.3, -0.25) is 19.1 Å². The van der Waals surface area contributed by atoms with Crippen molar-refractivity contribution in [3.8, 4) is 34.7 Å². The van der Waals surface area contributed by atoms with E-state index in [9.17, 15) is 31.5 Å². The van der Waals surface area contributed by atoms with Crippen LogP contribution < -0.4 is 29.8 Å². The van der Waals surface area contributed by atoms with Crippen LogP contribution in [0.4, 0.5) is 32.0 Å². The molecule has 0 saturated carbocycles. The lowest BCUT2D eigenvalue weighted by atomic mass is 10.1. The van der Waals surface area contributed by atoms with Gasteiger partial charge in [0, 0.05) is 23.9 Å². The zero-order valence-electron chi connectivity index (χ0n) is 24.7. The van der Waals surface area contributed by atoms with Gasteiger partial charge in [-0.2, -0.15) is 22.0 Å². The van der Waals surface area contributed by atoms with Gasteiger partial charge in [-0.25, -0.2) is 14.4 Å². The number of carbonyl (C=O) groups is 1. The summed E-state index contributed by atoms with van der Waals surface area (Å²) < 4.78 is 103. The summed E-state index contributed by atoms with van der Waals surface area (Å²) in [5.74, 6) is -2.91. The van der Waals surface area contributed by atoms with Gasteiger partial charge in [0.1, 0.15) is 21.8 Å². The molecule has 0 unspecified atom stereocenters. The number of rotatable bonds is 9. The number of amides is 1. The molecule has 11 nitrogen and oxygen atoms in total. The number of halogens is 7. The smallest absolute Gasteiger partial charge is 0.431 e. The minimum Gasteiger partial charge on any atom is -0.491 e. The summed E-state index contributed by atoms with van der Waals surface area (Å²) in [4.78, 5) is 38.4. The Morgan fingerprint density at radius 2 is 1.75 bits per heavy atom. The summed E-state index contributed by atoms with van der Waals surface area (Å²) >= 11 is 6.27. The minimum absolute atomic E-state index is 0.0285. The number of aryl methyl sites for hydroxylation is 1. The van der Waals surface area contributed by atoms with Crippen LogP contribution in [0, 0.1) is 12.7 Å². The first-order chi connectivity index (χ1) is 22.7. The van der Waals surface area contributed by atoms with Crippen LogP contribution >= 0.6 is 11.6 Å². The summed E-state index contributed by atoms with van der Waals surface area (Å²) in [6.45, 7) is -2.03. The van der Waals surface area contributed by atoms with Gasteiger partial charge in [-0.1, -0.05) is 11.6 Å². The molecule has 1 aromatic carbocycles. The summed E-state index contributed by atoms with van der Waals surface area (Å²) in [6, 6.07) is 6.69. The van der Waals surface area contributed by atoms with E-state index in [1.165, 1.54) is 39.5 Å². The zero-order valence-corrected chi connectivity index (χ0v) is 25.4. The lowest BCUT2D eigenvalue weighted by molar-refractivity contribution is -0.142. The van der Waals surface area contributed by atoms with Gasteiger partial charge in [0.05, 0.1) is 37.8 Å². The van der Waals surface area contributed by atoms with Crippen molar-refractivity contribution in [3.05, 3.63) is 92.9 Å². The minimum atomic E-state index is -5.08. The van der Waals surface area contributed by atoms with Gasteiger partial charge in [-0.05, 0) is 36.8 Å². The molecule has 0 aliphatic carbocycles. The van der Waals surface area contributed by atoms with Crippen LogP contribution in [0.25, 0.3) is 16.7 Å². The van der Waals surface area contributed by atoms with Crippen LogP contribution in [0.2, 0.25) is 5.02 Å². The maximum atomic E-state index is 15.2. The van der Waals surface area contributed by atoms with Gasteiger partial charge in [0.25, 0.3) is 17.3 Å². The monoisotopic (exact) mass is 695 g/mol. The van der Waals surface area contributed by atoms with Gasteiger partial charge < -0.3 is 24.3 Å². The van der Waals surface area contributed by atoms with Crippen molar-refractivity contribution in [3.63, 3.8) is 0 Å². The molecular weight excluding hydrogens is 676 g/mol. The van der Waals surface area contributed by atoms with Crippen molar-refractivity contribution < 1.29 is 50.1 Å². The molecule has 5 aromatic rings. The average molecular weight is 696 g/mol. The van der Waals surface area contributed by atoms with E-state index < -0.39 is 52.9 Å². The number of ether oxygens (including phenoxy) is 4. The number of pyridine rings is 4. The van der Waals surface area contributed by atoms with Gasteiger partial charge in [0.2, 0.25) is 5.88 Å². The molecule has 0 aliphatic heterocycles. The van der Waals surface area contributed by atoms with E-state index in [2.05, 4.69) is 25.0 Å². The van der Waals surface area contributed by atoms with Gasteiger partial charge >= 0.3 is 12.8 Å². The lowest BCUT2D eigenvalue weighted by Crippen LogP contribution is -2.33. The maximum absolute atomic E-state index is 15.2. The largest absolute Gasteiger partial charge is 0.491 e. The average Bonchev–Trinajstić information content (AvgIpc) is 3.02. The van der Waals surface area contributed by atoms with Crippen LogP contribution in [-0.2, 0) is 6.18 Å². The molecule has 0 saturated heterocycles. The van der Waals surface area contributed by atoms with Crippen molar-refractivity contribution in [1.82, 2.24) is 19.5 Å². The number of methoxy groups -OCH3 is 2. The van der Waals surface area contributed by atoms with E-state index in [-0.39, 0.29) is 55.0 Å². The SMILES string of the molecule is COc1cc2ncc(Cl)c(Oc3ccc(NC(=O)c4ccc(C(F)(F)F)n(-c5cnc(OC(F)F)cc5C)c4=O)cc3F)c2nc1OC. The number of benzene rings is 1. The number of aromatic nitrogens is 4. The predicted molar refractivity (Wildman–Crippen MR) is 158 cm³/mol. The first kappa shape index (κ1) is 33.8. The van der Waals surface area contributed by atoms with E-state index in [1.54, 1.807) is 0 Å². The van der Waals surface area contributed by atoms with Crippen molar-refractivity contribution >= 4 is 34.2 Å². The molecule has 0 spiro atoms. The van der Waals surface area contributed by atoms with Crippen molar-refractivity contribution in [2.75, 3.05) is 19.5 Å². The van der Waals surface area contributed by atoms with E-state index in [4.69, 9.17) is 25.8 Å². The Kier molecular flexibility index (Phi) is 9.33. The number of hydrogen-bond acceptors (Lipinski definition) is 9. The molecule has 1 N–H and O–H groups in total. The number of nitrogens with zero attached hydrogens (tertiary/aromatic N) is 4. The molecule has 0 fully saturated rings. The maximum Gasteiger partial charge on any atom is 0.431 e. The molecule has 4 aromatic heterocycles. The highest BCUT2D eigenvalue weighted by atomic mass is 35.5. The number of carbonyl (C=O) groups excluding carboxylic acids is 1. The standard InChI is InChI=1S/C30H20ClF6N5O6/c1-13-8-23(48-29(33)34)39-12-19(13)42-22(30(35,36)37)7-5-15(28(42)44)26(43)40-14-4-6-20(17(32)9-14)47-25-16(31)11-38-18-10-21(45-2)27(46-3)41-24(18)25/h4-12,29H,1-3H3,(H,40,43). The molecule has 0 aliphatic rings. The fourth-order valence-corrected chi connectivity index (χ4v) is 4.65. The van der Waals surface area contributed by atoms with E-state index >= 15 is 4.39 Å². The number of anilines is 1. The van der Waals surface area contributed by atoms with Crippen LogP contribution in [0.3, 0.4) is 0 Å². The Bertz CT molecular complexity index is 2110. The van der Waals surface area contributed by atoms with Crippen LogP contribution in [0.1, 0.15) is 21.6 Å². The molecule has 0 radical (unpaired) electrons. The summed E-state index contributed by atoms with van der Waals surface area (Å²) in [5, 5.41) is 2.23. The summed E-state index contributed by atoms with van der Waals surface area (Å²) in [5.41, 5.74) is -4.02. The fourth-order valence-electron chi connectivity index (χ4n) is 4.47. The number of nitrogens with one attached hydrogen (secondary N) is 1. The Labute approximate surface area is 270 Å².